The Balaban J connectivity index is 3.38. The smallest absolute Gasteiger partial charge is 0.339 e. The number of hydrogen-bond acceptors (Lipinski definition) is 3. The molecule has 96 valence electrons. The van der Waals surface area contributed by atoms with Crippen LogP contribution >= 0.6 is 0 Å². The molecule has 0 bridgehead atoms. The fourth-order valence-corrected chi connectivity index (χ4v) is 1.51. The van der Waals surface area contributed by atoms with Crippen molar-refractivity contribution in [1.29, 1.82) is 0 Å². The number of rotatable bonds is 5. The molecule has 0 heterocycles. The Morgan fingerprint density at radius 3 is 2.39 bits per heavy atom. The van der Waals surface area contributed by atoms with Crippen molar-refractivity contribution in [2.24, 2.45) is 0 Å². The molecule has 0 spiro atoms. The van der Waals surface area contributed by atoms with Crippen LogP contribution in [0.4, 0.5) is 0 Å². The van der Waals surface area contributed by atoms with Gasteiger partial charge in [-0.3, -0.25) is 0 Å². The summed E-state index contributed by atoms with van der Waals surface area (Å²) in [5, 5.41) is 9.27. The molecule has 0 saturated carbocycles. The van der Waals surface area contributed by atoms with E-state index in [4.69, 9.17) is 9.47 Å². The van der Waals surface area contributed by atoms with Gasteiger partial charge in [-0.25, -0.2) is 4.79 Å². The highest BCUT2D eigenvalue weighted by Crippen LogP contribution is 2.29. The van der Waals surface area contributed by atoms with Gasteiger partial charge in [0.25, 0.3) is 0 Å². The minimum Gasteiger partial charge on any atom is -0.500 e. The Kier molecular flexibility index (Phi) is 4.54. The van der Waals surface area contributed by atoms with Crippen molar-refractivity contribution >= 4 is 11.5 Å². The van der Waals surface area contributed by atoms with Crippen molar-refractivity contribution in [3.63, 3.8) is 0 Å². The van der Waals surface area contributed by atoms with Crippen LogP contribution in [-0.4, -0.2) is 18.2 Å². The fraction of sp³-hybridized carbons (Fsp3) is 0.214. The van der Waals surface area contributed by atoms with E-state index in [1.807, 2.05) is 0 Å². The van der Waals surface area contributed by atoms with Gasteiger partial charge in [0.1, 0.15) is 17.1 Å². The van der Waals surface area contributed by atoms with Crippen molar-refractivity contribution < 1.29 is 19.4 Å². The molecular formula is C14H16O4. The first-order valence-electron chi connectivity index (χ1n) is 5.38. The summed E-state index contributed by atoms with van der Waals surface area (Å²) in [7, 11) is 1.43. The van der Waals surface area contributed by atoms with Crippen LogP contribution in [0.15, 0.2) is 42.4 Å². The standard InChI is InChI=1S/C14H16O4/c1-9(2)18-12-8-6-5-7-11(12)13(14(15)16)10(3)17-4/h5-8H,1H2,2-4H3,(H,15,16). The summed E-state index contributed by atoms with van der Waals surface area (Å²) >= 11 is 0. The van der Waals surface area contributed by atoms with Crippen LogP contribution < -0.4 is 4.74 Å². The van der Waals surface area contributed by atoms with Gasteiger partial charge < -0.3 is 14.6 Å². The maximum atomic E-state index is 11.3. The lowest BCUT2D eigenvalue weighted by Crippen LogP contribution is -2.05. The Morgan fingerprint density at radius 1 is 1.28 bits per heavy atom. The number of allylic oxidation sites excluding steroid dienone is 2. The number of benzene rings is 1. The van der Waals surface area contributed by atoms with E-state index in [0.717, 1.165) is 0 Å². The number of carboxylic acids is 1. The van der Waals surface area contributed by atoms with Gasteiger partial charge in [-0.05, 0) is 19.9 Å². The molecule has 1 rings (SSSR count). The van der Waals surface area contributed by atoms with E-state index in [1.165, 1.54) is 7.11 Å². The highest BCUT2D eigenvalue weighted by Gasteiger charge is 2.19. The van der Waals surface area contributed by atoms with Crippen LogP contribution in [-0.2, 0) is 9.53 Å². The van der Waals surface area contributed by atoms with Gasteiger partial charge in [-0.2, -0.15) is 0 Å². The molecule has 0 aliphatic carbocycles. The average molecular weight is 248 g/mol. The van der Waals surface area contributed by atoms with Gasteiger partial charge >= 0.3 is 5.97 Å². The lowest BCUT2D eigenvalue weighted by molar-refractivity contribution is -0.130. The van der Waals surface area contributed by atoms with E-state index in [9.17, 15) is 9.90 Å². The molecule has 0 radical (unpaired) electrons. The van der Waals surface area contributed by atoms with Crippen molar-refractivity contribution in [3.8, 4) is 5.75 Å². The van der Waals surface area contributed by atoms with Gasteiger partial charge in [0.2, 0.25) is 0 Å². The summed E-state index contributed by atoms with van der Waals surface area (Å²) in [5.41, 5.74) is 0.543. The molecule has 0 atom stereocenters. The molecule has 0 aliphatic rings. The quantitative estimate of drug-likeness (QED) is 0.642. The topological polar surface area (TPSA) is 55.8 Å². The maximum Gasteiger partial charge on any atom is 0.339 e. The van der Waals surface area contributed by atoms with Crippen molar-refractivity contribution in [1.82, 2.24) is 0 Å². The molecule has 1 N–H and O–H groups in total. The van der Waals surface area contributed by atoms with Crippen LogP contribution in [0.2, 0.25) is 0 Å². The van der Waals surface area contributed by atoms with Crippen molar-refractivity contribution in [3.05, 3.63) is 47.9 Å². The second-order valence-corrected chi connectivity index (χ2v) is 3.74. The molecular weight excluding hydrogens is 232 g/mol. The van der Waals surface area contributed by atoms with Gasteiger partial charge in [0, 0.05) is 5.56 Å². The normalized spacial score (nSPS) is 11.5. The van der Waals surface area contributed by atoms with Gasteiger partial charge in [0.15, 0.2) is 0 Å². The Hall–Kier alpha value is -2.23. The number of para-hydroxylation sites is 1. The molecule has 4 nitrogen and oxygen atoms in total. The van der Waals surface area contributed by atoms with E-state index in [0.29, 0.717) is 22.8 Å². The maximum absolute atomic E-state index is 11.3. The third-order valence-corrected chi connectivity index (χ3v) is 2.31. The third kappa shape index (κ3) is 3.13. The highest BCUT2D eigenvalue weighted by atomic mass is 16.5. The molecule has 1 aromatic rings. The number of aliphatic carboxylic acids is 1. The van der Waals surface area contributed by atoms with Gasteiger partial charge in [-0.15, -0.1) is 0 Å². The Morgan fingerprint density at radius 2 is 1.89 bits per heavy atom. The predicted octanol–water partition coefficient (Wildman–Crippen LogP) is 3.06. The summed E-state index contributed by atoms with van der Waals surface area (Å²) in [4.78, 5) is 11.3. The summed E-state index contributed by atoms with van der Waals surface area (Å²) in [5.74, 6) is 0.188. The highest BCUT2D eigenvalue weighted by molar-refractivity contribution is 6.16. The van der Waals surface area contributed by atoms with Gasteiger partial charge in [-0.1, -0.05) is 24.8 Å². The Labute approximate surface area is 106 Å². The van der Waals surface area contributed by atoms with E-state index in [-0.39, 0.29) is 5.57 Å². The molecule has 0 saturated heterocycles. The number of hydrogen-bond donors (Lipinski definition) is 1. The summed E-state index contributed by atoms with van der Waals surface area (Å²) < 4.78 is 10.4. The minimum atomic E-state index is -1.06. The molecule has 0 amide bonds. The zero-order valence-corrected chi connectivity index (χ0v) is 10.7. The van der Waals surface area contributed by atoms with E-state index in [2.05, 4.69) is 6.58 Å². The van der Waals surface area contributed by atoms with E-state index < -0.39 is 5.97 Å². The SMILES string of the molecule is C=C(C)Oc1ccccc1C(C(=O)O)=C(C)OC. The molecule has 4 heteroatoms. The lowest BCUT2D eigenvalue weighted by atomic mass is 10.0. The summed E-state index contributed by atoms with van der Waals surface area (Å²) in [6, 6.07) is 6.87. The second-order valence-electron chi connectivity index (χ2n) is 3.74. The zero-order chi connectivity index (χ0) is 13.7. The minimum absolute atomic E-state index is 0.0781. The number of carbonyl (C=O) groups is 1. The van der Waals surface area contributed by atoms with Crippen LogP contribution in [0, 0.1) is 0 Å². The van der Waals surface area contributed by atoms with Gasteiger partial charge in [0.05, 0.1) is 12.9 Å². The first-order valence-corrected chi connectivity index (χ1v) is 5.38. The lowest BCUT2D eigenvalue weighted by Gasteiger charge is -2.13. The number of carboxylic acid groups (broad SMARTS) is 1. The summed E-state index contributed by atoms with van der Waals surface area (Å²) in [6.07, 6.45) is 0. The van der Waals surface area contributed by atoms with Crippen LogP contribution in [0.25, 0.3) is 5.57 Å². The van der Waals surface area contributed by atoms with E-state index in [1.54, 1.807) is 38.1 Å². The largest absolute Gasteiger partial charge is 0.500 e. The first kappa shape index (κ1) is 13.8. The first-order chi connectivity index (χ1) is 8.47. The Bertz CT molecular complexity index is 500. The molecule has 1 aromatic carbocycles. The number of methoxy groups -OCH3 is 1. The average Bonchev–Trinajstić information content (AvgIpc) is 2.30. The van der Waals surface area contributed by atoms with Crippen molar-refractivity contribution in [2.75, 3.05) is 7.11 Å². The fourth-order valence-electron chi connectivity index (χ4n) is 1.51. The summed E-state index contributed by atoms with van der Waals surface area (Å²) in [6.45, 7) is 6.94. The van der Waals surface area contributed by atoms with Crippen LogP contribution in [0.3, 0.4) is 0 Å². The monoisotopic (exact) mass is 248 g/mol. The zero-order valence-electron chi connectivity index (χ0n) is 10.7. The van der Waals surface area contributed by atoms with Crippen molar-refractivity contribution in [2.45, 2.75) is 13.8 Å². The molecule has 0 unspecified atom stereocenters. The number of ether oxygens (including phenoxy) is 2. The van der Waals surface area contributed by atoms with Crippen LogP contribution in [0.5, 0.6) is 5.75 Å². The van der Waals surface area contributed by atoms with Crippen LogP contribution in [0.1, 0.15) is 19.4 Å². The molecule has 0 aliphatic heterocycles. The predicted molar refractivity (Wildman–Crippen MR) is 69.1 cm³/mol. The second kappa shape index (κ2) is 5.91. The third-order valence-electron chi connectivity index (χ3n) is 2.31. The molecule has 0 fully saturated rings. The van der Waals surface area contributed by atoms with E-state index >= 15 is 0 Å². The molecule has 18 heavy (non-hydrogen) atoms. The molecule has 0 aromatic heterocycles.